The SMILES string of the molecule is Cc1cc(C)cc(S(=O)(=O)Nc2cc(C)[nH]n2)c1. The molecule has 1 heterocycles. The second kappa shape index (κ2) is 4.45. The average Bonchev–Trinajstić information content (AvgIpc) is 2.61. The highest BCUT2D eigenvalue weighted by molar-refractivity contribution is 7.92. The van der Waals surface area contributed by atoms with Crippen LogP contribution in [0, 0.1) is 20.8 Å². The molecular weight excluding hydrogens is 250 g/mol. The van der Waals surface area contributed by atoms with Crippen LogP contribution in [0.2, 0.25) is 0 Å². The molecule has 6 heteroatoms. The number of H-pyrrole nitrogens is 1. The smallest absolute Gasteiger partial charge is 0.263 e. The Bertz CT molecular complexity index is 654. The van der Waals surface area contributed by atoms with Crippen LogP contribution in [0.25, 0.3) is 0 Å². The quantitative estimate of drug-likeness (QED) is 0.892. The minimum Gasteiger partial charge on any atom is -0.281 e. The molecule has 0 unspecified atom stereocenters. The number of benzene rings is 1. The van der Waals surface area contributed by atoms with Gasteiger partial charge in [0.2, 0.25) is 0 Å². The van der Waals surface area contributed by atoms with Crippen molar-refractivity contribution in [2.24, 2.45) is 0 Å². The van der Waals surface area contributed by atoms with E-state index in [2.05, 4.69) is 14.9 Å². The lowest BCUT2D eigenvalue weighted by Crippen LogP contribution is -2.13. The van der Waals surface area contributed by atoms with Gasteiger partial charge < -0.3 is 0 Å². The van der Waals surface area contributed by atoms with Crippen molar-refractivity contribution in [3.05, 3.63) is 41.1 Å². The van der Waals surface area contributed by atoms with Gasteiger partial charge in [-0.15, -0.1) is 0 Å². The zero-order valence-corrected chi connectivity index (χ0v) is 11.3. The third-order valence-corrected chi connectivity index (χ3v) is 3.78. The van der Waals surface area contributed by atoms with Gasteiger partial charge in [-0.05, 0) is 44.0 Å². The Morgan fingerprint density at radius 3 is 2.17 bits per heavy atom. The fourth-order valence-corrected chi connectivity index (χ4v) is 2.93. The Kier molecular flexibility index (Phi) is 3.13. The molecule has 2 N–H and O–H groups in total. The highest BCUT2D eigenvalue weighted by Gasteiger charge is 2.16. The minimum atomic E-state index is -3.58. The molecule has 2 rings (SSSR count). The molecule has 0 bridgehead atoms. The van der Waals surface area contributed by atoms with E-state index in [0.717, 1.165) is 16.8 Å². The summed E-state index contributed by atoms with van der Waals surface area (Å²) in [6.45, 7) is 5.54. The first kappa shape index (κ1) is 12.6. The van der Waals surface area contributed by atoms with Crippen molar-refractivity contribution in [1.29, 1.82) is 0 Å². The number of aryl methyl sites for hydroxylation is 3. The highest BCUT2D eigenvalue weighted by Crippen LogP contribution is 2.17. The molecule has 2 aromatic rings. The number of hydrogen-bond donors (Lipinski definition) is 2. The number of aromatic nitrogens is 2. The summed E-state index contributed by atoms with van der Waals surface area (Å²) < 4.78 is 26.7. The van der Waals surface area contributed by atoms with Gasteiger partial charge in [0.05, 0.1) is 4.90 Å². The van der Waals surface area contributed by atoms with Crippen molar-refractivity contribution in [2.75, 3.05) is 4.72 Å². The van der Waals surface area contributed by atoms with Gasteiger partial charge in [-0.25, -0.2) is 8.42 Å². The summed E-state index contributed by atoms with van der Waals surface area (Å²) >= 11 is 0. The van der Waals surface area contributed by atoms with Gasteiger partial charge in [-0.2, -0.15) is 5.10 Å². The summed E-state index contributed by atoms with van der Waals surface area (Å²) in [6.07, 6.45) is 0. The minimum absolute atomic E-state index is 0.251. The van der Waals surface area contributed by atoms with Crippen molar-refractivity contribution in [1.82, 2.24) is 10.2 Å². The van der Waals surface area contributed by atoms with Gasteiger partial charge in [0.25, 0.3) is 10.0 Å². The van der Waals surface area contributed by atoms with E-state index in [1.807, 2.05) is 26.8 Å². The van der Waals surface area contributed by atoms with E-state index in [1.165, 1.54) is 0 Å². The first-order valence-corrected chi connectivity index (χ1v) is 6.98. The number of anilines is 1. The van der Waals surface area contributed by atoms with Crippen molar-refractivity contribution >= 4 is 15.8 Å². The van der Waals surface area contributed by atoms with Crippen LogP contribution in [0.3, 0.4) is 0 Å². The molecule has 0 spiro atoms. The van der Waals surface area contributed by atoms with Crippen LogP contribution in [-0.2, 0) is 10.0 Å². The van der Waals surface area contributed by atoms with Crippen molar-refractivity contribution in [2.45, 2.75) is 25.7 Å². The molecule has 1 aromatic carbocycles. The Hall–Kier alpha value is -1.82. The second-order valence-corrected chi connectivity index (χ2v) is 6.05. The van der Waals surface area contributed by atoms with Gasteiger partial charge in [0.1, 0.15) is 0 Å². The van der Waals surface area contributed by atoms with E-state index in [1.54, 1.807) is 18.2 Å². The molecule has 0 saturated heterocycles. The van der Waals surface area contributed by atoms with E-state index in [4.69, 9.17) is 0 Å². The predicted octanol–water partition coefficient (Wildman–Crippen LogP) is 2.14. The third kappa shape index (κ3) is 2.70. The first-order valence-electron chi connectivity index (χ1n) is 5.50. The lowest BCUT2D eigenvalue weighted by Gasteiger charge is -2.07. The highest BCUT2D eigenvalue weighted by atomic mass is 32.2. The van der Waals surface area contributed by atoms with E-state index >= 15 is 0 Å². The number of hydrogen-bond acceptors (Lipinski definition) is 3. The second-order valence-electron chi connectivity index (χ2n) is 4.37. The van der Waals surface area contributed by atoms with Crippen LogP contribution in [0.5, 0.6) is 0 Å². The van der Waals surface area contributed by atoms with E-state index < -0.39 is 10.0 Å². The summed E-state index contributed by atoms with van der Waals surface area (Å²) in [5.41, 5.74) is 2.62. The van der Waals surface area contributed by atoms with Crippen LogP contribution < -0.4 is 4.72 Å². The predicted molar refractivity (Wildman–Crippen MR) is 70.0 cm³/mol. The van der Waals surface area contributed by atoms with Crippen LogP contribution in [0.1, 0.15) is 16.8 Å². The fraction of sp³-hybridized carbons (Fsp3) is 0.250. The lowest BCUT2D eigenvalue weighted by atomic mass is 10.2. The van der Waals surface area contributed by atoms with Gasteiger partial charge >= 0.3 is 0 Å². The molecule has 5 nitrogen and oxygen atoms in total. The molecule has 0 aliphatic rings. The zero-order chi connectivity index (χ0) is 13.3. The maximum Gasteiger partial charge on any atom is 0.263 e. The van der Waals surface area contributed by atoms with Gasteiger partial charge in [-0.1, -0.05) is 6.07 Å². The third-order valence-electron chi connectivity index (χ3n) is 2.45. The molecule has 0 amide bonds. The Morgan fingerprint density at radius 2 is 1.67 bits per heavy atom. The van der Waals surface area contributed by atoms with Gasteiger partial charge in [0, 0.05) is 11.8 Å². The molecule has 0 aliphatic heterocycles. The Balaban J connectivity index is 2.36. The molecule has 1 aromatic heterocycles. The maximum absolute atomic E-state index is 12.2. The summed E-state index contributed by atoms with van der Waals surface area (Å²) in [6, 6.07) is 6.83. The molecule has 18 heavy (non-hydrogen) atoms. The molecule has 96 valence electrons. The number of rotatable bonds is 3. The van der Waals surface area contributed by atoms with E-state index in [0.29, 0.717) is 5.82 Å². The summed E-state index contributed by atoms with van der Waals surface area (Å²) in [4.78, 5) is 0.251. The Labute approximate surface area is 106 Å². The van der Waals surface area contributed by atoms with Gasteiger partial charge in [0.15, 0.2) is 5.82 Å². The normalized spacial score (nSPS) is 11.5. The van der Waals surface area contributed by atoms with Crippen molar-refractivity contribution in [3.63, 3.8) is 0 Å². The van der Waals surface area contributed by atoms with Crippen LogP contribution in [-0.4, -0.2) is 18.6 Å². The standard InChI is InChI=1S/C12H15N3O2S/c1-8-4-9(2)6-11(5-8)18(16,17)15-12-7-10(3)13-14-12/h4-7H,1-3H3,(H2,13,14,15). The van der Waals surface area contributed by atoms with Crippen LogP contribution in [0.4, 0.5) is 5.82 Å². The summed E-state index contributed by atoms with van der Waals surface area (Å²) in [5, 5.41) is 6.54. The zero-order valence-electron chi connectivity index (χ0n) is 10.5. The molecule has 0 aliphatic carbocycles. The summed E-state index contributed by atoms with van der Waals surface area (Å²) in [7, 11) is -3.58. The molecular formula is C12H15N3O2S. The number of nitrogens with zero attached hydrogens (tertiary/aromatic N) is 1. The topological polar surface area (TPSA) is 74.8 Å². The lowest BCUT2D eigenvalue weighted by molar-refractivity contribution is 0.601. The van der Waals surface area contributed by atoms with E-state index in [-0.39, 0.29) is 4.90 Å². The fourth-order valence-electron chi connectivity index (χ4n) is 1.75. The van der Waals surface area contributed by atoms with Crippen LogP contribution >= 0.6 is 0 Å². The number of sulfonamides is 1. The average molecular weight is 265 g/mol. The summed E-state index contributed by atoms with van der Waals surface area (Å²) in [5.74, 6) is 0.298. The van der Waals surface area contributed by atoms with Crippen molar-refractivity contribution < 1.29 is 8.42 Å². The molecule has 0 fully saturated rings. The molecule has 0 saturated carbocycles. The number of nitrogens with one attached hydrogen (secondary N) is 2. The monoisotopic (exact) mass is 265 g/mol. The van der Waals surface area contributed by atoms with Crippen molar-refractivity contribution in [3.8, 4) is 0 Å². The maximum atomic E-state index is 12.2. The van der Waals surface area contributed by atoms with Crippen LogP contribution in [0.15, 0.2) is 29.2 Å². The number of aromatic amines is 1. The van der Waals surface area contributed by atoms with E-state index in [9.17, 15) is 8.42 Å². The molecule has 0 atom stereocenters. The molecule has 0 radical (unpaired) electrons. The first-order chi connectivity index (χ1) is 8.37. The Morgan fingerprint density at radius 1 is 1.06 bits per heavy atom. The van der Waals surface area contributed by atoms with Gasteiger partial charge in [-0.3, -0.25) is 9.82 Å². The largest absolute Gasteiger partial charge is 0.281 e.